The Hall–Kier alpha value is -1.82. The number of aromatic nitrogens is 5. The molecule has 0 saturated heterocycles. The number of benzene rings is 1. The molecule has 0 aliphatic carbocycles. The molecule has 0 atom stereocenters. The molecular weight excluding hydrogens is 282 g/mol. The summed E-state index contributed by atoms with van der Waals surface area (Å²) < 4.78 is 2.67. The first-order chi connectivity index (χ1) is 8.24. The van der Waals surface area contributed by atoms with Gasteiger partial charge in [-0.15, -0.1) is 10.2 Å². The number of hydrogen-bond acceptors (Lipinski definition) is 4. The van der Waals surface area contributed by atoms with Crippen LogP contribution < -0.4 is 0 Å². The van der Waals surface area contributed by atoms with Crippen LogP contribution >= 0.6 is 15.9 Å². The second-order valence-electron chi connectivity index (χ2n) is 3.61. The molecule has 0 N–H and O–H groups in total. The molecule has 3 rings (SSSR count). The Bertz CT molecular complexity index is 674. The molecule has 0 spiro atoms. The fourth-order valence-electron chi connectivity index (χ4n) is 1.55. The highest BCUT2D eigenvalue weighted by Gasteiger charge is 2.06. The van der Waals surface area contributed by atoms with Crippen LogP contribution in [0.3, 0.4) is 0 Å². The van der Waals surface area contributed by atoms with Crippen molar-refractivity contribution in [3.05, 3.63) is 40.8 Å². The van der Waals surface area contributed by atoms with Gasteiger partial charge in [0, 0.05) is 10.0 Å². The molecule has 0 aliphatic rings. The molecule has 0 radical (unpaired) electrons. The lowest BCUT2D eigenvalue weighted by Gasteiger charge is -2.01. The maximum atomic E-state index is 4.45. The van der Waals surface area contributed by atoms with Crippen LogP contribution in [0.5, 0.6) is 0 Å². The van der Waals surface area contributed by atoms with Gasteiger partial charge in [-0.05, 0) is 19.1 Å². The molecule has 6 heteroatoms. The lowest BCUT2D eigenvalue weighted by Crippen LogP contribution is -1.98. The molecule has 0 fully saturated rings. The number of aryl methyl sites for hydroxylation is 1. The van der Waals surface area contributed by atoms with Crippen LogP contribution in [-0.2, 0) is 0 Å². The van der Waals surface area contributed by atoms with Crippen LogP contribution in [0.4, 0.5) is 0 Å². The Labute approximate surface area is 106 Å². The minimum absolute atomic E-state index is 0.517. The Kier molecular flexibility index (Phi) is 2.36. The van der Waals surface area contributed by atoms with Crippen molar-refractivity contribution in [1.82, 2.24) is 24.8 Å². The highest BCUT2D eigenvalue weighted by molar-refractivity contribution is 9.10. The maximum absolute atomic E-state index is 4.45. The standard InChI is InChI=1S/C11H8BrN5/c1-7-14-15-11-13-6-10(16-17(7)11)8-2-4-9(12)5-3-8/h2-6H,1H3. The van der Waals surface area contributed by atoms with Gasteiger partial charge in [0.1, 0.15) is 5.69 Å². The number of halogens is 1. The highest BCUT2D eigenvalue weighted by Crippen LogP contribution is 2.19. The molecule has 1 aromatic carbocycles. The van der Waals surface area contributed by atoms with E-state index in [1.807, 2.05) is 31.2 Å². The number of hydrogen-bond donors (Lipinski definition) is 0. The Morgan fingerprint density at radius 2 is 1.88 bits per heavy atom. The van der Waals surface area contributed by atoms with Crippen molar-refractivity contribution in [3.63, 3.8) is 0 Å². The second kappa shape index (κ2) is 3.89. The molecule has 3 aromatic rings. The predicted octanol–water partition coefficient (Wildman–Crippen LogP) is 2.26. The van der Waals surface area contributed by atoms with Crippen molar-refractivity contribution in [2.45, 2.75) is 6.92 Å². The fraction of sp³-hybridized carbons (Fsp3) is 0.0909. The van der Waals surface area contributed by atoms with Crippen LogP contribution in [0.1, 0.15) is 5.82 Å². The normalized spacial score (nSPS) is 10.9. The summed E-state index contributed by atoms with van der Waals surface area (Å²) in [4.78, 5) is 4.22. The molecule has 17 heavy (non-hydrogen) atoms. The van der Waals surface area contributed by atoms with Crippen molar-refractivity contribution in [1.29, 1.82) is 0 Å². The molecule has 0 unspecified atom stereocenters. The molecule has 2 heterocycles. The van der Waals surface area contributed by atoms with E-state index in [0.717, 1.165) is 21.6 Å². The van der Waals surface area contributed by atoms with Gasteiger partial charge >= 0.3 is 0 Å². The van der Waals surface area contributed by atoms with E-state index in [0.29, 0.717) is 5.78 Å². The van der Waals surface area contributed by atoms with E-state index in [4.69, 9.17) is 0 Å². The van der Waals surface area contributed by atoms with Gasteiger partial charge in [0.2, 0.25) is 0 Å². The van der Waals surface area contributed by atoms with E-state index in [2.05, 4.69) is 36.2 Å². The Morgan fingerprint density at radius 1 is 1.12 bits per heavy atom. The van der Waals surface area contributed by atoms with Gasteiger partial charge in [0.15, 0.2) is 5.82 Å². The first kappa shape index (κ1) is 10.3. The molecular formula is C11H8BrN5. The number of fused-ring (bicyclic) bond motifs is 1. The van der Waals surface area contributed by atoms with Crippen molar-refractivity contribution >= 4 is 21.7 Å². The van der Waals surface area contributed by atoms with E-state index in [9.17, 15) is 0 Å². The van der Waals surface area contributed by atoms with Crippen LogP contribution in [0.25, 0.3) is 17.0 Å². The quantitative estimate of drug-likeness (QED) is 0.690. The summed E-state index contributed by atoms with van der Waals surface area (Å²) in [6, 6.07) is 7.92. The zero-order valence-corrected chi connectivity index (χ0v) is 10.6. The SMILES string of the molecule is Cc1nnc2ncc(-c3ccc(Br)cc3)nn12. The summed E-state index contributed by atoms with van der Waals surface area (Å²) in [7, 11) is 0. The van der Waals surface area contributed by atoms with Gasteiger partial charge < -0.3 is 0 Å². The maximum Gasteiger partial charge on any atom is 0.271 e. The van der Waals surface area contributed by atoms with Gasteiger partial charge in [-0.1, -0.05) is 28.1 Å². The molecule has 0 saturated carbocycles. The van der Waals surface area contributed by atoms with E-state index in [1.54, 1.807) is 10.7 Å². The number of nitrogens with zero attached hydrogens (tertiary/aromatic N) is 5. The second-order valence-corrected chi connectivity index (χ2v) is 4.53. The molecule has 5 nitrogen and oxygen atoms in total. The van der Waals surface area contributed by atoms with Gasteiger partial charge in [-0.3, -0.25) is 0 Å². The molecule has 2 aromatic heterocycles. The molecule has 0 amide bonds. The summed E-state index contributed by atoms with van der Waals surface area (Å²) in [5, 5.41) is 12.3. The zero-order valence-electron chi connectivity index (χ0n) is 9.00. The minimum atomic E-state index is 0.517. The fourth-order valence-corrected chi connectivity index (χ4v) is 1.81. The van der Waals surface area contributed by atoms with Gasteiger partial charge in [-0.25, -0.2) is 4.98 Å². The monoisotopic (exact) mass is 289 g/mol. The van der Waals surface area contributed by atoms with E-state index in [1.165, 1.54) is 0 Å². The van der Waals surface area contributed by atoms with Crippen molar-refractivity contribution in [2.75, 3.05) is 0 Å². The molecule has 84 valence electrons. The summed E-state index contributed by atoms with van der Waals surface area (Å²) in [5.74, 6) is 1.25. The third kappa shape index (κ3) is 1.80. The van der Waals surface area contributed by atoms with Crippen molar-refractivity contribution < 1.29 is 0 Å². The van der Waals surface area contributed by atoms with Crippen molar-refractivity contribution in [3.8, 4) is 11.3 Å². The van der Waals surface area contributed by atoms with Gasteiger partial charge in [-0.2, -0.15) is 9.61 Å². The lowest BCUT2D eigenvalue weighted by atomic mass is 10.2. The largest absolute Gasteiger partial charge is 0.271 e. The van der Waals surface area contributed by atoms with Crippen LogP contribution in [0, 0.1) is 6.92 Å². The first-order valence-electron chi connectivity index (χ1n) is 5.05. The average molecular weight is 290 g/mol. The third-order valence-corrected chi connectivity index (χ3v) is 2.96. The summed E-state index contributed by atoms with van der Waals surface area (Å²) in [5.41, 5.74) is 1.81. The topological polar surface area (TPSA) is 56.0 Å². The highest BCUT2D eigenvalue weighted by atomic mass is 79.9. The minimum Gasteiger partial charge on any atom is -0.216 e. The van der Waals surface area contributed by atoms with E-state index in [-0.39, 0.29) is 0 Å². The smallest absolute Gasteiger partial charge is 0.216 e. The summed E-state index contributed by atoms with van der Waals surface area (Å²) in [6.45, 7) is 1.85. The predicted molar refractivity (Wildman–Crippen MR) is 66.5 cm³/mol. The lowest BCUT2D eigenvalue weighted by molar-refractivity contribution is 0.863. The molecule has 0 aliphatic heterocycles. The van der Waals surface area contributed by atoms with Crippen LogP contribution in [-0.4, -0.2) is 24.8 Å². The number of rotatable bonds is 1. The molecule has 0 bridgehead atoms. The van der Waals surface area contributed by atoms with Crippen molar-refractivity contribution in [2.24, 2.45) is 0 Å². The average Bonchev–Trinajstić information content (AvgIpc) is 2.72. The van der Waals surface area contributed by atoms with E-state index >= 15 is 0 Å². The van der Waals surface area contributed by atoms with Gasteiger partial charge in [0.25, 0.3) is 5.78 Å². The first-order valence-corrected chi connectivity index (χ1v) is 5.84. The Balaban J connectivity index is 2.17. The summed E-state index contributed by atoms with van der Waals surface area (Å²) in [6.07, 6.45) is 1.70. The summed E-state index contributed by atoms with van der Waals surface area (Å²) >= 11 is 3.40. The third-order valence-electron chi connectivity index (χ3n) is 2.43. The zero-order chi connectivity index (χ0) is 11.8. The van der Waals surface area contributed by atoms with E-state index < -0.39 is 0 Å². The van der Waals surface area contributed by atoms with Gasteiger partial charge in [0.05, 0.1) is 6.20 Å². The van der Waals surface area contributed by atoms with Crippen LogP contribution in [0.2, 0.25) is 0 Å². The Morgan fingerprint density at radius 3 is 2.65 bits per heavy atom. The van der Waals surface area contributed by atoms with Crippen LogP contribution in [0.15, 0.2) is 34.9 Å².